The predicted molar refractivity (Wildman–Crippen MR) is 117 cm³/mol. The van der Waals surface area contributed by atoms with E-state index in [1.54, 1.807) is 12.4 Å². The lowest BCUT2D eigenvalue weighted by atomic mass is 10.1. The number of amides is 2. The van der Waals surface area contributed by atoms with Crippen molar-refractivity contribution >= 4 is 11.8 Å². The molecule has 1 N–H and O–H groups in total. The molecule has 3 heterocycles. The van der Waals surface area contributed by atoms with E-state index in [-0.39, 0.29) is 6.03 Å². The molecule has 0 aliphatic carbocycles. The SMILES string of the molecule is CC(C)CCn1ccc(NC(=O)N(CCCN2CCOCC2)Cc2ccncc2)n1. The fourth-order valence-corrected chi connectivity index (χ4v) is 3.40. The molecule has 1 saturated heterocycles. The number of hydrogen-bond donors (Lipinski definition) is 1. The minimum Gasteiger partial charge on any atom is -0.379 e. The summed E-state index contributed by atoms with van der Waals surface area (Å²) in [6, 6.07) is 5.63. The molecule has 3 rings (SSSR count). The van der Waals surface area contributed by atoms with Crippen LogP contribution in [0.25, 0.3) is 0 Å². The van der Waals surface area contributed by atoms with Crippen LogP contribution in [0.2, 0.25) is 0 Å². The normalized spacial score (nSPS) is 14.8. The zero-order valence-electron chi connectivity index (χ0n) is 18.2. The second-order valence-electron chi connectivity index (χ2n) is 8.16. The van der Waals surface area contributed by atoms with E-state index in [4.69, 9.17) is 4.74 Å². The standard InChI is InChI=1S/C22H34N6O2/c1-19(2)6-12-28-13-7-21(25-28)24-22(29)27(18-20-4-8-23-9-5-20)11-3-10-26-14-16-30-17-15-26/h4-5,7-9,13,19H,3,6,10-12,14-18H2,1-2H3,(H,24,25,29). The van der Waals surface area contributed by atoms with Crippen molar-refractivity contribution in [1.82, 2.24) is 24.6 Å². The number of nitrogens with zero attached hydrogens (tertiary/aromatic N) is 5. The van der Waals surface area contributed by atoms with Crippen molar-refractivity contribution in [1.29, 1.82) is 0 Å². The highest BCUT2D eigenvalue weighted by Gasteiger charge is 2.17. The van der Waals surface area contributed by atoms with Crippen molar-refractivity contribution in [3.8, 4) is 0 Å². The second kappa shape index (κ2) is 11.7. The van der Waals surface area contributed by atoms with Gasteiger partial charge in [-0.2, -0.15) is 5.10 Å². The number of pyridine rings is 1. The van der Waals surface area contributed by atoms with Gasteiger partial charge < -0.3 is 9.64 Å². The first-order valence-electron chi connectivity index (χ1n) is 10.9. The zero-order chi connectivity index (χ0) is 21.2. The van der Waals surface area contributed by atoms with Crippen molar-refractivity contribution in [3.05, 3.63) is 42.4 Å². The highest BCUT2D eigenvalue weighted by Crippen LogP contribution is 2.11. The molecule has 1 aliphatic rings. The Balaban J connectivity index is 1.56. The molecule has 0 bridgehead atoms. The van der Waals surface area contributed by atoms with E-state index >= 15 is 0 Å². The Morgan fingerprint density at radius 1 is 1.20 bits per heavy atom. The highest BCUT2D eigenvalue weighted by molar-refractivity contribution is 5.88. The molecule has 30 heavy (non-hydrogen) atoms. The average Bonchev–Trinajstić information content (AvgIpc) is 3.20. The number of carbonyl (C=O) groups excluding carboxylic acids is 1. The van der Waals surface area contributed by atoms with Crippen molar-refractivity contribution in [2.24, 2.45) is 5.92 Å². The van der Waals surface area contributed by atoms with Gasteiger partial charge in [0.25, 0.3) is 0 Å². The van der Waals surface area contributed by atoms with Gasteiger partial charge in [0.1, 0.15) is 0 Å². The van der Waals surface area contributed by atoms with E-state index in [1.165, 1.54) is 0 Å². The van der Waals surface area contributed by atoms with E-state index in [9.17, 15) is 4.79 Å². The molecule has 164 valence electrons. The van der Waals surface area contributed by atoms with Crippen molar-refractivity contribution in [2.45, 2.75) is 39.8 Å². The summed E-state index contributed by atoms with van der Waals surface area (Å²) < 4.78 is 7.30. The molecule has 1 aliphatic heterocycles. The summed E-state index contributed by atoms with van der Waals surface area (Å²) in [6.45, 7) is 10.9. The number of aryl methyl sites for hydroxylation is 1. The van der Waals surface area contributed by atoms with Crippen molar-refractivity contribution in [3.63, 3.8) is 0 Å². The van der Waals surface area contributed by atoms with Crippen LogP contribution in [0.5, 0.6) is 0 Å². The van der Waals surface area contributed by atoms with Gasteiger partial charge in [-0.15, -0.1) is 0 Å². The number of rotatable bonds is 10. The first kappa shape index (κ1) is 22.2. The predicted octanol–water partition coefficient (Wildman–Crippen LogP) is 3.08. The third-order valence-electron chi connectivity index (χ3n) is 5.23. The number of urea groups is 1. The molecule has 2 aromatic heterocycles. The largest absolute Gasteiger partial charge is 0.379 e. The molecular weight excluding hydrogens is 380 g/mol. The molecule has 0 aromatic carbocycles. The van der Waals surface area contributed by atoms with Crippen LogP contribution in [0.1, 0.15) is 32.3 Å². The van der Waals surface area contributed by atoms with E-state index in [0.717, 1.165) is 57.8 Å². The van der Waals surface area contributed by atoms with Gasteiger partial charge in [-0.3, -0.25) is 19.9 Å². The Labute approximate surface area is 179 Å². The molecule has 0 atom stereocenters. The summed E-state index contributed by atoms with van der Waals surface area (Å²) in [5.41, 5.74) is 1.06. The highest BCUT2D eigenvalue weighted by atomic mass is 16.5. The molecule has 0 spiro atoms. The van der Waals surface area contributed by atoms with Crippen molar-refractivity contribution < 1.29 is 9.53 Å². The molecule has 0 unspecified atom stereocenters. The topological polar surface area (TPSA) is 75.5 Å². The molecule has 8 nitrogen and oxygen atoms in total. The number of ether oxygens (including phenoxy) is 1. The molecular formula is C22H34N6O2. The number of aromatic nitrogens is 3. The van der Waals surface area contributed by atoms with E-state index in [2.05, 4.69) is 34.1 Å². The van der Waals surface area contributed by atoms with Gasteiger partial charge in [-0.05, 0) is 36.5 Å². The monoisotopic (exact) mass is 414 g/mol. The lowest BCUT2D eigenvalue weighted by Gasteiger charge is -2.28. The van der Waals surface area contributed by atoms with Gasteiger partial charge in [0.05, 0.1) is 13.2 Å². The van der Waals surface area contributed by atoms with Gasteiger partial charge >= 0.3 is 6.03 Å². The van der Waals surface area contributed by atoms with E-state index < -0.39 is 0 Å². The quantitative estimate of drug-likeness (QED) is 0.647. The van der Waals surface area contributed by atoms with E-state index in [1.807, 2.05) is 34.0 Å². The van der Waals surface area contributed by atoms with Gasteiger partial charge in [-0.1, -0.05) is 13.8 Å². The van der Waals surface area contributed by atoms with Gasteiger partial charge in [0.2, 0.25) is 0 Å². The number of nitrogens with one attached hydrogen (secondary N) is 1. The maximum atomic E-state index is 13.0. The van der Waals surface area contributed by atoms with Crippen LogP contribution in [0, 0.1) is 5.92 Å². The van der Waals surface area contributed by atoms with Crippen LogP contribution < -0.4 is 5.32 Å². The smallest absolute Gasteiger partial charge is 0.323 e. The maximum absolute atomic E-state index is 13.0. The zero-order valence-corrected chi connectivity index (χ0v) is 18.2. The Bertz CT molecular complexity index is 758. The lowest BCUT2D eigenvalue weighted by molar-refractivity contribution is 0.0365. The minimum absolute atomic E-state index is 0.122. The van der Waals surface area contributed by atoms with Crippen LogP contribution in [0.4, 0.5) is 10.6 Å². The Hall–Kier alpha value is -2.45. The Kier molecular flexibility index (Phi) is 8.65. The molecule has 0 saturated carbocycles. The van der Waals surface area contributed by atoms with Crippen LogP contribution in [0.15, 0.2) is 36.8 Å². The fraction of sp³-hybridized carbons (Fsp3) is 0.591. The first-order chi connectivity index (χ1) is 14.6. The Morgan fingerprint density at radius 3 is 2.70 bits per heavy atom. The maximum Gasteiger partial charge on any atom is 0.323 e. The van der Waals surface area contributed by atoms with Crippen LogP contribution in [0.3, 0.4) is 0 Å². The second-order valence-corrected chi connectivity index (χ2v) is 8.16. The summed E-state index contributed by atoms with van der Waals surface area (Å²) in [4.78, 5) is 21.3. The van der Waals surface area contributed by atoms with E-state index in [0.29, 0.717) is 24.8 Å². The fourth-order valence-electron chi connectivity index (χ4n) is 3.40. The third kappa shape index (κ3) is 7.42. The Morgan fingerprint density at radius 2 is 1.97 bits per heavy atom. The molecule has 8 heteroatoms. The summed E-state index contributed by atoms with van der Waals surface area (Å²) in [5.74, 6) is 1.21. The summed E-state index contributed by atoms with van der Waals surface area (Å²) in [7, 11) is 0. The van der Waals surface area contributed by atoms with Crippen molar-refractivity contribution in [2.75, 3.05) is 44.7 Å². The van der Waals surface area contributed by atoms with Crippen LogP contribution in [-0.2, 0) is 17.8 Å². The molecule has 0 radical (unpaired) electrons. The minimum atomic E-state index is -0.122. The van der Waals surface area contributed by atoms with Gasteiger partial charge in [0, 0.05) is 63.9 Å². The summed E-state index contributed by atoms with van der Waals surface area (Å²) in [6.07, 6.45) is 7.42. The van der Waals surface area contributed by atoms with Crippen LogP contribution in [-0.4, -0.2) is 70.0 Å². The third-order valence-corrected chi connectivity index (χ3v) is 5.23. The number of anilines is 1. The average molecular weight is 415 g/mol. The lowest BCUT2D eigenvalue weighted by Crippen LogP contribution is -2.40. The molecule has 2 aromatic rings. The number of morpholine rings is 1. The summed E-state index contributed by atoms with van der Waals surface area (Å²) in [5, 5.41) is 7.46. The summed E-state index contributed by atoms with van der Waals surface area (Å²) >= 11 is 0. The number of hydrogen-bond acceptors (Lipinski definition) is 5. The first-order valence-corrected chi connectivity index (χ1v) is 10.9. The molecule has 2 amide bonds. The van der Waals surface area contributed by atoms with Crippen LogP contribution >= 0.6 is 0 Å². The molecule has 1 fully saturated rings. The van der Waals surface area contributed by atoms with Gasteiger partial charge in [0.15, 0.2) is 5.82 Å². The van der Waals surface area contributed by atoms with Gasteiger partial charge in [-0.25, -0.2) is 4.79 Å². The number of carbonyl (C=O) groups is 1.